The molecule has 0 heterocycles. The minimum Gasteiger partial charge on any atom is -0.370 e. The SMILES string of the molecule is CC(=O)N[C@@H](C)C(=O)N[C@@H](C(=O)N[C@@H](C)C(N)=O)c1ccc(N=C(N)N)cc1. The lowest BCUT2D eigenvalue weighted by Gasteiger charge is -2.22. The number of nitrogens with two attached hydrogens (primary N) is 3. The number of primary amides is 1. The average Bonchev–Trinajstić information content (AvgIpc) is 2.58. The number of carbonyl (C=O) groups is 4. The van der Waals surface area contributed by atoms with Gasteiger partial charge in [-0.25, -0.2) is 4.99 Å². The summed E-state index contributed by atoms with van der Waals surface area (Å²) in [5, 5.41) is 7.39. The summed E-state index contributed by atoms with van der Waals surface area (Å²) in [4.78, 5) is 51.2. The van der Waals surface area contributed by atoms with Crippen molar-refractivity contribution in [1.82, 2.24) is 16.0 Å². The Labute approximate surface area is 162 Å². The minimum absolute atomic E-state index is 0.130. The largest absolute Gasteiger partial charge is 0.370 e. The molecule has 1 aromatic carbocycles. The number of amides is 4. The molecule has 1 aromatic rings. The van der Waals surface area contributed by atoms with Crippen LogP contribution in [0.15, 0.2) is 29.3 Å². The first-order valence-corrected chi connectivity index (χ1v) is 8.38. The van der Waals surface area contributed by atoms with E-state index in [1.807, 2.05) is 0 Å². The van der Waals surface area contributed by atoms with Gasteiger partial charge in [0.05, 0.1) is 5.69 Å². The van der Waals surface area contributed by atoms with Crippen LogP contribution >= 0.6 is 0 Å². The number of carbonyl (C=O) groups excluding carboxylic acids is 4. The maximum Gasteiger partial charge on any atom is 0.247 e. The lowest BCUT2D eigenvalue weighted by atomic mass is 10.0. The Morgan fingerprint density at radius 2 is 1.43 bits per heavy atom. The van der Waals surface area contributed by atoms with Gasteiger partial charge in [-0.3, -0.25) is 19.2 Å². The standard InChI is InChI=1S/C17H25N7O4/c1-8(14(18)26)22-16(28)13(24-15(27)9(2)21-10(3)25)11-4-6-12(7-5-11)23-17(19)20/h4-9,13H,1-3H3,(H2,18,26)(H,21,25)(H,22,28)(H,24,27)(H4,19,20,23)/t8-,9-,13+/m0/s1. The molecule has 28 heavy (non-hydrogen) atoms. The third-order valence-corrected chi connectivity index (χ3v) is 3.63. The molecule has 0 aromatic heterocycles. The number of hydrogen-bond acceptors (Lipinski definition) is 5. The van der Waals surface area contributed by atoms with Crippen molar-refractivity contribution in [3.63, 3.8) is 0 Å². The highest BCUT2D eigenvalue weighted by atomic mass is 16.2. The average molecular weight is 391 g/mol. The second kappa shape index (κ2) is 9.90. The molecule has 1 rings (SSSR count). The zero-order valence-corrected chi connectivity index (χ0v) is 15.9. The van der Waals surface area contributed by atoms with E-state index in [0.29, 0.717) is 11.3 Å². The van der Waals surface area contributed by atoms with Gasteiger partial charge in [0.2, 0.25) is 23.6 Å². The van der Waals surface area contributed by atoms with Crippen LogP contribution in [0.2, 0.25) is 0 Å². The van der Waals surface area contributed by atoms with Crippen LogP contribution in [0.4, 0.5) is 5.69 Å². The Morgan fingerprint density at radius 3 is 1.89 bits per heavy atom. The highest BCUT2D eigenvalue weighted by molar-refractivity contribution is 5.94. The monoisotopic (exact) mass is 391 g/mol. The van der Waals surface area contributed by atoms with E-state index in [2.05, 4.69) is 20.9 Å². The van der Waals surface area contributed by atoms with E-state index in [1.165, 1.54) is 20.8 Å². The molecule has 0 aliphatic heterocycles. The fourth-order valence-corrected chi connectivity index (χ4v) is 2.20. The van der Waals surface area contributed by atoms with Crippen LogP contribution in [0.1, 0.15) is 32.4 Å². The number of nitrogens with one attached hydrogen (secondary N) is 3. The van der Waals surface area contributed by atoms with Crippen molar-refractivity contribution in [2.45, 2.75) is 38.9 Å². The van der Waals surface area contributed by atoms with Gasteiger partial charge in [0.25, 0.3) is 0 Å². The summed E-state index contributed by atoms with van der Waals surface area (Å²) >= 11 is 0. The Hall–Kier alpha value is -3.63. The molecule has 4 amide bonds. The van der Waals surface area contributed by atoms with Crippen molar-refractivity contribution < 1.29 is 19.2 Å². The van der Waals surface area contributed by atoms with Gasteiger partial charge in [-0.2, -0.15) is 0 Å². The molecule has 0 spiro atoms. The lowest BCUT2D eigenvalue weighted by molar-refractivity contribution is -0.132. The summed E-state index contributed by atoms with van der Waals surface area (Å²) in [7, 11) is 0. The third-order valence-electron chi connectivity index (χ3n) is 3.63. The summed E-state index contributed by atoms with van der Waals surface area (Å²) in [6, 6.07) is 3.24. The van der Waals surface area contributed by atoms with Crippen LogP contribution in [0.5, 0.6) is 0 Å². The van der Waals surface area contributed by atoms with Crippen molar-refractivity contribution in [3.05, 3.63) is 29.8 Å². The van der Waals surface area contributed by atoms with Crippen molar-refractivity contribution in [1.29, 1.82) is 0 Å². The van der Waals surface area contributed by atoms with Crippen molar-refractivity contribution in [3.8, 4) is 0 Å². The predicted molar refractivity (Wildman–Crippen MR) is 103 cm³/mol. The number of hydrogen-bond donors (Lipinski definition) is 6. The zero-order valence-electron chi connectivity index (χ0n) is 15.9. The molecule has 152 valence electrons. The van der Waals surface area contributed by atoms with Gasteiger partial charge in [-0.05, 0) is 31.5 Å². The molecule has 11 heteroatoms. The van der Waals surface area contributed by atoms with Gasteiger partial charge in [0.1, 0.15) is 18.1 Å². The fourth-order valence-electron chi connectivity index (χ4n) is 2.20. The lowest BCUT2D eigenvalue weighted by Crippen LogP contribution is -2.51. The molecule has 0 fully saturated rings. The van der Waals surface area contributed by atoms with E-state index in [9.17, 15) is 19.2 Å². The number of aliphatic imine (C=N–C) groups is 1. The molecule has 0 saturated heterocycles. The number of rotatable bonds is 8. The first kappa shape index (κ1) is 22.4. The summed E-state index contributed by atoms with van der Waals surface area (Å²) in [5.41, 5.74) is 16.7. The van der Waals surface area contributed by atoms with E-state index in [-0.39, 0.29) is 5.96 Å². The second-order valence-electron chi connectivity index (χ2n) is 6.12. The van der Waals surface area contributed by atoms with Crippen LogP contribution in [-0.2, 0) is 19.2 Å². The Balaban J connectivity index is 3.11. The summed E-state index contributed by atoms with van der Waals surface area (Å²) in [6.07, 6.45) is 0. The fraction of sp³-hybridized carbons (Fsp3) is 0.353. The van der Waals surface area contributed by atoms with Crippen LogP contribution in [-0.4, -0.2) is 41.7 Å². The van der Waals surface area contributed by atoms with E-state index >= 15 is 0 Å². The Kier molecular flexibility index (Phi) is 7.92. The van der Waals surface area contributed by atoms with Gasteiger partial charge in [0, 0.05) is 6.92 Å². The molecule has 0 aliphatic carbocycles. The van der Waals surface area contributed by atoms with E-state index in [4.69, 9.17) is 17.2 Å². The molecule has 0 bridgehead atoms. The first-order chi connectivity index (χ1) is 13.0. The van der Waals surface area contributed by atoms with Crippen LogP contribution < -0.4 is 33.2 Å². The number of benzene rings is 1. The normalized spacial score (nSPS) is 13.4. The number of guanidine groups is 1. The summed E-state index contributed by atoms with van der Waals surface area (Å²) < 4.78 is 0. The highest BCUT2D eigenvalue weighted by Crippen LogP contribution is 2.19. The summed E-state index contributed by atoms with van der Waals surface area (Å²) in [6.45, 7) is 4.16. The molecule has 0 aliphatic rings. The van der Waals surface area contributed by atoms with Crippen LogP contribution in [0, 0.1) is 0 Å². The van der Waals surface area contributed by atoms with Gasteiger partial charge >= 0.3 is 0 Å². The molecule has 0 unspecified atom stereocenters. The molecular formula is C17H25N7O4. The molecular weight excluding hydrogens is 366 g/mol. The summed E-state index contributed by atoms with van der Waals surface area (Å²) in [5.74, 6) is -2.49. The van der Waals surface area contributed by atoms with Gasteiger partial charge in [-0.15, -0.1) is 0 Å². The third kappa shape index (κ3) is 6.94. The predicted octanol–water partition coefficient (Wildman–Crippen LogP) is -1.74. The van der Waals surface area contributed by atoms with Crippen LogP contribution in [0.25, 0.3) is 0 Å². The minimum atomic E-state index is -1.14. The topological polar surface area (TPSA) is 195 Å². The smallest absolute Gasteiger partial charge is 0.247 e. The first-order valence-electron chi connectivity index (χ1n) is 8.38. The van der Waals surface area contributed by atoms with Gasteiger partial charge in [-0.1, -0.05) is 12.1 Å². The van der Waals surface area contributed by atoms with E-state index in [0.717, 1.165) is 0 Å². The van der Waals surface area contributed by atoms with Crippen molar-refractivity contribution in [2.75, 3.05) is 0 Å². The Bertz CT molecular complexity index is 772. The molecule has 11 nitrogen and oxygen atoms in total. The van der Waals surface area contributed by atoms with Crippen molar-refractivity contribution >= 4 is 35.3 Å². The van der Waals surface area contributed by atoms with Crippen LogP contribution in [0.3, 0.4) is 0 Å². The molecule has 3 atom stereocenters. The number of nitrogens with zero attached hydrogens (tertiary/aromatic N) is 1. The van der Waals surface area contributed by atoms with E-state index < -0.39 is 41.8 Å². The zero-order chi connectivity index (χ0) is 21.4. The molecule has 0 radical (unpaired) electrons. The van der Waals surface area contributed by atoms with Gasteiger partial charge in [0.15, 0.2) is 5.96 Å². The molecule has 9 N–H and O–H groups in total. The van der Waals surface area contributed by atoms with Gasteiger partial charge < -0.3 is 33.2 Å². The quantitative estimate of drug-likeness (QED) is 0.225. The molecule has 0 saturated carbocycles. The van der Waals surface area contributed by atoms with Crippen molar-refractivity contribution in [2.24, 2.45) is 22.2 Å². The highest BCUT2D eigenvalue weighted by Gasteiger charge is 2.27. The Morgan fingerprint density at radius 1 is 0.857 bits per heavy atom. The second-order valence-corrected chi connectivity index (χ2v) is 6.12. The maximum atomic E-state index is 12.6. The maximum absolute atomic E-state index is 12.6. The van der Waals surface area contributed by atoms with E-state index in [1.54, 1.807) is 24.3 Å².